The molecule has 0 aromatic carbocycles. The van der Waals surface area contributed by atoms with Gasteiger partial charge in [0.1, 0.15) is 6.10 Å². The Labute approximate surface area is 201 Å². The van der Waals surface area contributed by atoms with E-state index in [2.05, 4.69) is 48.5 Å². The van der Waals surface area contributed by atoms with Crippen LogP contribution in [0.1, 0.15) is 113 Å². The van der Waals surface area contributed by atoms with Crippen LogP contribution in [0.4, 0.5) is 0 Å². The van der Waals surface area contributed by atoms with Crippen LogP contribution in [0.25, 0.3) is 0 Å². The largest absolute Gasteiger partial charge is 0.461 e. The molecule has 3 heteroatoms. The molecule has 10 atom stereocenters. The van der Waals surface area contributed by atoms with E-state index >= 15 is 0 Å². The summed E-state index contributed by atoms with van der Waals surface area (Å²) in [7, 11) is 0. The molecule has 1 heterocycles. The number of aliphatic hydroxyl groups is 1. The molecule has 0 aromatic rings. The van der Waals surface area contributed by atoms with Crippen molar-refractivity contribution in [2.24, 2.45) is 56.2 Å². The van der Waals surface area contributed by atoms with Crippen LogP contribution < -0.4 is 0 Å². The Morgan fingerprint density at radius 2 is 1.45 bits per heavy atom. The standard InChI is InChI=1S/C30H48O3/c1-25(2)14-16-30-17-15-28(6)18(22(30)23(25)33-24(30)32)8-9-20-27(5)12-11-21(31)26(3,4)19(27)10-13-29(20,28)7/h18-23,31H,8-17H2,1-7H3/t18?,19?,20?,21?,22?,23?,27-,28+,29+,30?/m0/s1. The molecule has 3 nitrogen and oxygen atoms in total. The van der Waals surface area contributed by atoms with E-state index in [1.54, 1.807) is 0 Å². The zero-order chi connectivity index (χ0) is 23.8. The van der Waals surface area contributed by atoms with E-state index in [0.29, 0.717) is 28.6 Å². The van der Waals surface area contributed by atoms with Gasteiger partial charge < -0.3 is 9.84 Å². The minimum atomic E-state index is -0.189. The Morgan fingerprint density at radius 3 is 2.18 bits per heavy atom. The van der Waals surface area contributed by atoms with Crippen molar-refractivity contribution in [2.75, 3.05) is 0 Å². The minimum Gasteiger partial charge on any atom is -0.461 e. The molecule has 6 rings (SSSR count). The number of carbonyl (C=O) groups is 1. The molecule has 1 aliphatic heterocycles. The summed E-state index contributed by atoms with van der Waals surface area (Å²) in [6.07, 6.45) is 11.6. The summed E-state index contributed by atoms with van der Waals surface area (Å²) in [5, 5.41) is 10.9. The first kappa shape index (κ1) is 22.9. The summed E-state index contributed by atoms with van der Waals surface area (Å²) < 4.78 is 6.28. The normalized spacial score (nSPS) is 58.4. The molecule has 5 saturated carbocycles. The molecule has 186 valence electrons. The monoisotopic (exact) mass is 456 g/mol. The number of fused-ring (bicyclic) bond motifs is 5. The quantitative estimate of drug-likeness (QED) is 0.409. The number of rotatable bonds is 0. The Balaban J connectivity index is 1.41. The van der Waals surface area contributed by atoms with Crippen LogP contribution in [0.2, 0.25) is 0 Å². The SMILES string of the molecule is CC1(C)CCC23CC[C@]4(C)C(CCC5[C@@]6(C)CCC(O)C(C)(C)C6CC[C@]54C)C2C1OC3=O. The van der Waals surface area contributed by atoms with Gasteiger partial charge in [0, 0.05) is 11.3 Å². The third-order valence-corrected chi connectivity index (χ3v) is 14.0. The van der Waals surface area contributed by atoms with E-state index < -0.39 is 0 Å². The maximum atomic E-state index is 13.3. The first-order valence-corrected chi connectivity index (χ1v) is 14.1. The minimum absolute atomic E-state index is 0.00939. The van der Waals surface area contributed by atoms with Crippen molar-refractivity contribution in [3.8, 4) is 0 Å². The molecule has 7 unspecified atom stereocenters. The van der Waals surface area contributed by atoms with Gasteiger partial charge in [-0.3, -0.25) is 4.79 Å². The first-order chi connectivity index (χ1) is 15.2. The molecule has 2 bridgehead atoms. The van der Waals surface area contributed by atoms with Crippen molar-refractivity contribution in [3.63, 3.8) is 0 Å². The third-order valence-electron chi connectivity index (χ3n) is 14.0. The highest BCUT2D eigenvalue weighted by Crippen LogP contribution is 2.78. The molecule has 1 saturated heterocycles. The van der Waals surface area contributed by atoms with Crippen LogP contribution in [0, 0.1) is 56.2 Å². The molecular weight excluding hydrogens is 408 g/mol. The van der Waals surface area contributed by atoms with Gasteiger partial charge in [0.05, 0.1) is 11.5 Å². The molecule has 0 radical (unpaired) electrons. The summed E-state index contributed by atoms with van der Waals surface area (Å²) in [5.41, 5.74) is 0.823. The number of hydrogen-bond donors (Lipinski definition) is 1. The van der Waals surface area contributed by atoms with Crippen LogP contribution in [0.15, 0.2) is 0 Å². The van der Waals surface area contributed by atoms with E-state index in [4.69, 9.17) is 4.74 Å². The van der Waals surface area contributed by atoms with Gasteiger partial charge in [0.2, 0.25) is 0 Å². The van der Waals surface area contributed by atoms with Gasteiger partial charge in [-0.25, -0.2) is 0 Å². The topological polar surface area (TPSA) is 46.5 Å². The van der Waals surface area contributed by atoms with E-state index in [0.717, 1.165) is 31.6 Å². The highest BCUT2D eigenvalue weighted by Gasteiger charge is 2.75. The van der Waals surface area contributed by atoms with Crippen LogP contribution in [0.5, 0.6) is 0 Å². The predicted molar refractivity (Wildman–Crippen MR) is 130 cm³/mol. The van der Waals surface area contributed by atoms with E-state index in [-0.39, 0.29) is 39.8 Å². The maximum absolute atomic E-state index is 13.3. The van der Waals surface area contributed by atoms with Gasteiger partial charge in [-0.05, 0) is 104 Å². The third kappa shape index (κ3) is 2.45. The van der Waals surface area contributed by atoms with Gasteiger partial charge >= 0.3 is 5.97 Å². The molecule has 1 N–H and O–H groups in total. The molecule has 33 heavy (non-hydrogen) atoms. The zero-order valence-corrected chi connectivity index (χ0v) is 22.3. The van der Waals surface area contributed by atoms with Crippen molar-refractivity contribution in [3.05, 3.63) is 0 Å². The lowest BCUT2D eigenvalue weighted by Gasteiger charge is -2.73. The van der Waals surface area contributed by atoms with Gasteiger partial charge in [-0.1, -0.05) is 48.5 Å². The highest BCUT2D eigenvalue weighted by molar-refractivity contribution is 5.81. The second-order valence-electron chi connectivity index (χ2n) is 15.5. The van der Waals surface area contributed by atoms with Crippen LogP contribution >= 0.6 is 0 Å². The van der Waals surface area contributed by atoms with Gasteiger partial charge in [-0.2, -0.15) is 0 Å². The molecule has 0 amide bonds. The van der Waals surface area contributed by atoms with Crippen molar-refractivity contribution < 1.29 is 14.6 Å². The average molecular weight is 457 g/mol. The van der Waals surface area contributed by atoms with Crippen LogP contribution in [0.3, 0.4) is 0 Å². The highest BCUT2D eigenvalue weighted by atomic mass is 16.6. The van der Waals surface area contributed by atoms with Crippen molar-refractivity contribution in [1.29, 1.82) is 0 Å². The number of carbonyl (C=O) groups excluding carboxylic acids is 1. The molecule has 0 spiro atoms. The fourth-order valence-corrected chi connectivity index (χ4v) is 11.8. The Bertz CT molecular complexity index is 876. The fourth-order valence-electron chi connectivity index (χ4n) is 11.8. The summed E-state index contributed by atoms with van der Waals surface area (Å²) in [5.74, 6) is 2.50. The van der Waals surface area contributed by atoms with Gasteiger partial charge in [0.25, 0.3) is 0 Å². The summed E-state index contributed by atoms with van der Waals surface area (Å²) in [4.78, 5) is 13.3. The molecule has 5 aliphatic carbocycles. The van der Waals surface area contributed by atoms with E-state index in [1.807, 2.05) is 0 Å². The Morgan fingerprint density at radius 1 is 0.758 bits per heavy atom. The zero-order valence-electron chi connectivity index (χ0n) is 22.3. The van der Waals surface area contributed by atoms with E-state index in [1.165, 1.54) is 38.5 Å². The summed E-state index contributed by atoms with van der Waals surface area (Å²) in [6, 6.07) is 0. The fraction of sp³-hybridized carbons (Fsp3) is 0.967. The second-order valence-corrected chi connectivity index (χ2v) is 15.5. The van der Waals surface area contributed by atoms with Crippen LogP contribution in [-0.2, 0) is 9.53 Å². The number of aliphatic hydroxyl groups excluding tert-OH is 1. The Kier molecular flexibility index (Phi) is 4.44. The summed E-state index contributed by atoms with van der Waals surface area (Å²) >= 11 is 0. The smallest absolute Gasteiger partial charge is 0.312 e. The maximum Gasteiger partial charge on any atom is 0.312 e. The number of hydrogen-bond acceptors (Lipinski definition) is 3. The Hall–Kier alpha value is -0.570. The van der Waals surface area contributed by atoms with Gasteiger partial charge in [0.15, 0.2) is 0 Å². The second kappa shape index (κ2) is 6.40. The van der Waals surface area contributed by atoms with Crippen LogP contribution in [-0.4, -0.2) is 23.3 Å². The van der Waals surface area contributed by atoms with E-state index in [9.17, 15) is 9.90 Å². The first-order valence-electron chi connectivity index (χ1n) is 14.1. The number of ether oxygens (including phenoxy) is 1. The lowest BCUT2D eigenvalue weighted by molar-refractivity contribution is -0.252. The molecule has 0 aromatic heterocycles. The molecule has 6 fully saturated rings. The van der Waals surface area contributed by atoms with Crippen molar-refractivity contribution in [2.45, 2.75) is 125 Å². The lowest BCUT2D eigenvalue weighted by atomic mass is 9.31. The molecule has 6 aliphatic rings. The summed E-state index contributed by atoms with van der Waals surface area (Å²) in [6.45, 7) is 17.3. The van der Waals surface area contributed by atoms with Crippen molar-refractivity contribution >= 4 is 5.97 Å². The van der Waals surface area contributed by atoms with Crippen molar-refractivity contribution in [1.82, 2.24) is 0 Å². The average Bonchev–Trinajstić information content (AvgIpc) is 2.99. The lowest BCUT2D eigenvalue weighted by Crippen LogP contribution is -2.67. The molecular formula is C30H48O3. The number of esters is 1. The van der Waals surface area contributed by atoms with Gasteiger partial charge in [-0.15, -0.1) is 0 Å². The predicted octanol–water partition coefficient (Wildman–Crippen LogP) is 6.76.